The lowest BCUT2D eigenvalue weighted by atomic mass is 10.2. The van der Waals surface area contributed by atoms with Crippen LogP contribution in [0.2, 0.25) is 0 Å². The molecule has 0 radical (unpaired) electrons. The van der Waals surface area contributed by atoms with Crippen molar-refractivity contribution in [3.05, 3.63) is 25.3 Å². The molecule has 0 amide bonds. The minimum absolute atomic E-state index is 0.0372. The summed E-state index contributed by atoms with van der Waals surface area (Å²) in [5.41, 5.74) is 0. The average Bonchev–Trinajstić information content (AvgIpc) is 2.37. The summed E-state index contributed by atoms with van der Waals surface area (Å²) in [5.74, 6) is 0. The number of aliphatic hydroxyl groups excluding tert-OH is 2. The highest BCUT2D eigenvalue weighted by Gasteiger charge is 2.35. The highest BCUT2D eigenvalue weighted by atomic mass is 32.3. The Morgan fingerprint density at radius 1 is 0.857 bits per heavy atom. The third kappa shape index (κ3) is 6.70. The predicted molar refractivity (Wildman–Crippen MR) is 79.5 cm³/mol. The maximum atomic E-state index is 12.0. The SMILES string of the molecule is C=CCC(CCO)S(=O)(=O)OS(=O)(=O)C(CC=C)CCO. The van der Waals surface area contributed by atoms with Gasteiger partial charge in [-0.25, -0.2) is 0 Å². The number of hydrogen-bond donors (Lipinski definition) is 2. The topological polar surface area (TPSA) is 118 Å². The van der Waals surface area contributed by atoms with Crippen LogP contribution in [-0.2, 0) is 23.9 Å². The molecule has 0 aromatic heterocycles. The minimum atomic E-state index is -4.42. The maximum Gasteiger partial charge on any atom is 0.285 e. The van der Waals surface area contributed by atoms with Gasteiger partial charge in [0.1, 0.15) is 0 Å². The molecule has 0 aliphatic rings. The van der Waals surface area contributed by atoms with Crippen LogP contribution in [0.3, 0.4) is 0 Å². The highest BCUT2D eigenvalue weighted by Crippen LogP contribution is 2.21. The van der Waals surface area contributed by atoms with E-state index in [2.05, 4.69) is 16.8 Å². The molecule has 0 aliphatic carbocycles. The zero-order valence-corrected chi connectivity index (χ0v) is 13.4. The predicted octanol–water partition coefficient (Wildman–Crippen LogP) is 0.317. The van der Waals surface area contributed by atoms with Crippen molar-refractivity contribution in [3.63, 3.8) is 0 Å². The van der Waals surface area contributed by atoms with Gasteiger partial charge in [-0.2, -0.15) is 16.8 Å². The largest absolute Gasteiger partial charge is 0.396 e. The first-order chi connectivity index (χ1) is 9.75. The van der Waals surface area contributed by atoms with Gasteiger partial charge in [-0.05, 0) is 25.7 Å². The molecule has 2 atom stereocenters. The Bertz CT molecular complexity index is 474. The van der Waals surface area contributed by atoms with Crippen LogP contribution < -0.4 is 0 Å². The fourth-order valence-corrected chi connectivity index (χ4v) is 5.14. The lowest BCUT2D eigenvalue weighted by molar-refractivity contribution is 0.280. The Kier molecular flexibility index (Phi) is 8.98. The van der Waals surface area contributed by atoms with Crippen LogP contribution in [0.5, 0.6) is 0 Å². The molecule has 0 saturated heterocycles. The molecule has 0 rings (SSSR count). The normalized spacial score (nSPS) is 15.3. The van der Waals surface area contributed by atoms with E-state index < -0.39 is 43.9 Å². The second kappa shape index (κ2) is 9.31. The molecule has 0 aliphatic heterocycles. The van der Waals surface area contributed by atoms with Gasteiger partial charge in [-0.3, -0.25) is 0 Å². The first-order valence-electron chi connectivity index (χ1n) is 6.37. The summed E-state index contributed by atoms with van der Waals surface area (Å²) in [6.07, 6.45) is 2.23. The Balaban J connectivity index is 5.27. The van der Waals surface area contributed by atoms with E-state index in [4.69, 9.17) is 10.2 Å². The summed E-state index contributed by atoms with van der Waals surface area (Å²) >= 11 is 0. The van der Waals surface area contributed by atoms with Crippen molar-refractivity contribution in [3.8, 4) is 0 Å². The minimum Gasteiger partial charge on any atom is -0.396 e. The van der Waals surface area contributed by atoms with E-state index in [-0.39, 0.29) is 25.7 Å². The lowest BCUT2D eigenvalue weighted by Gasteiger charge is -2.18. The quantitative estimate of drug-likeness (QED) is 0.490. The summed E-state index contributed by atoms with van der Waals surface area (Å²) < 4.78 is 52.3. The highest BCUT2D eigenvalue weighted by molar-refractivity contribution is 8.00. The molecule has 9 heteroatoms. The van der Waals surface area contributed by atoms with E-state index in [1.165, 1.54) is 12.2 Å². The molecule has 0 bridgehead atoms. The van der Waals surface area contributed by atoms with Gasteiger partial charge in [-0.1, -0.05) is 12.2 Å². The first kappa shape index (κ1) is 20.3. The van der Waals surface area contributed by atoms with Crippen molar-refractivity contribution >= 4 is 20.2 Å². The van der Waals surface area contributed by atoms with Crippen LogP contribution >= 0.6 is 0 Å². The number of aliphatic hydroxyl groups is 2. The van der Waals surface area contributed by atoms with Gasteiger partial charge in [0.2, 0.25) is 0 Å². The van der Waals surface area contributed by atoms with Crippen LogP contribution in [0.25, 0.3) is 0 Å². The zero-order valence-electron chi connectivity index (χ0n) is 11.7. The van der Waals surface area contributed by atoms with E-state index in [9.17, 15) is 16.8 Å². The molecule has 124 valence electrons. The van der Waals surface area contributed by atoms with Gasteiger partial charge < -0.3 is 10.2 Å². The molecular formula is C12H22O7S2. The van der Waals surface area contributed by atoms with E-state index in [0.717, 1.165) is 0 Å². The monoisotopic (exact) mass is 342 g/mol. The van der Waals surface area contributed by atoms with Crippen molar-refractivity contribution in [1.29, 1.82) is 0 Å². The van der Waals surface area contributed by atoms with Crippen molar-refractivity contribution in [1.82, 2.24) is 0 Å². The zero-order chi connectivity index (χ0) is 16.5. The second-order valence-electron chi connectivity index (χ2n) is 4.37. The molecule has 0 saturated carbocycles. The number of hydrogen-bond acceptors (Lipinski definition) is 7. The fourth-order valence-electron chi connectivity index (χ4n) is 1.66. The van der Waals surface area contributed by atoms with Gasteiger partial charge in [0, 0.05) is 13.2 Å². The Hall–Kier alpha value is -0.740. The smallest absolute Gasteiger partial charge is 0.285 e. The van der Waals surface area contributed by atoms with Crippen LogP contribution in [0.1, 0.15) is 25.7 Å². The van der Waals surface area contributed by atoms with E-state index >= 15 is 0 Å². The van der Waals surface area contributed by atoms with E-state index in [1.807, 2.05) is 0 Å². The lowest BCUT2D eigenvalue weighted by Crippen LogP contribution is -2.32. The molecule has 2 N–H and O–H groups in total. The van der Waals surface area contributed by atoms with Gasteiger partial charge in [0.05, 0.1) is 10.5 Å². The van der Waals surface area contributed by atoms with Crippen LogP contribution in [0.15, 0.2) is 25.3 Å². The average molecular weight is 342 g/mol. The standard InChI is InChI=1S/C12H22O7S2/c1-3-5-11(7-9-13)20(15,16)19-21(17,18)12(6-4-2)8-10-14/h3-4,11-14H,1-2,5-10H2. The van der Waals surface area contributed by atoms with Crippen LogP contribution in [-0.4, -0.2) is 50.8 Å². The van der Waals surface area contributed by atoms with Crippen LogP contribution in [0.4, 0.5) is 0 Å². The summed E-state index contributed by atoms with van der Waals surface area (Å²) in [4.78, 5) is 0. The Morgan fingerprint density at radius 2 is 1.19 bits per heavy atom. The number of rotatable bonds is 12. The first-order valence-corrected chi connectivity index (χ1v) is 9.31. The number of allylic oxidation sites excluding steroid dienone is 2. The summed E-state index contributed by atoms with van der Waals surface area (Å²) in [5, 5.41) is 15.3. The van der Waals surface area contributed by atoms with Crippen molar-refractivity contribution in [2.75, 3.05) is 13.2 Å². The van der Waals surface area contributed by atoms with Gasteiger partial charge in [-0.15, -0.1) is 16.8 Å². The van der Waals surface area contributed by atoms with Crippen molar-refractivity contribution in [2.45, 2.75) is 36.2 Å². The van der Waals surface area contributed by atoms with Crippen molar-refractivity contribution in [2.24, 2.45) is 0 Å². The van der Waals surface area contributed by atoms with Crippen molar-refractivity contribution < 1.29 is 30.7 Å². The van der Waals surface area contributed by atoms with Crippen LogP contribution in [0, 0.1) is 0 Å². The molecule has 0 aromatic rings. The van der Waals surface area contributed by atoms with Gasteiger partial charge in [0.15, 0.2) is 0 Å². The molecule has 0 spiro atoms. The third-order valence-electron chi connectivity index (χ3n) is 2.77. The Morgan fingerprint density at radius 3 is 1.43 bits per heavy atom. The molecule has 0 heterocycles. The molecular weight excluding hydrogens is 320 g/mol. The second-order valence-corrected chi connectivity index (χ2v) is 8.22. The fraction of sp³-hybridized carbons (Fsp3) is 0.667. The molecule has 21 heavy (non-hydrogen) atoms. The maximum absolute atomic E-state index is 12.0. The van der Waals surface area contributed by atoms with Gasteiger partial charge >= 0.3 is 0 Å². The van der Waals surface area contributed by atoms with Gasteiger partial charge in [0.25, 0.3) is 20.2 Å². The summed E-state index contributed by atoms with van der Waals surface area (Å²) in [6, 6.07) is 0. The Labute approximate surface area is 126 Å². The summed E-state index contributed by atoms with van der Waals surface area (Å²) in [7, 11) is -8.84. The third-order valence-corrected chi connectivity index (χ3v) is 6.77. The summed E-state index contributed by atoms with van der Waals surface area (Å²) in [6.45, 7) is 5.93. The molecule has 0 fully saturated rings. The molecule has 7 nitrogen and oxygen atoms in total. The van der Waals surface area contributed by atoms with E-state index in [1.54, 1.807) is 0 Å². The molecule has 2 unspecified atom stereocenters. The van der Waals surface area contributed by atoms with E-state index in [0.29, 0.717) is 0 Å². The molecule has 0 aromatic carbocycles.